The summed E-state index contributed by atoms with van der Waals surface area (Å²) >= 11 is 11.7. The number of nitrogens with two attached hydrogens (primary N) is 1. The first-order chi connectivity index (χ1) is 7.60. The van der Waals surface area contributed by atoms with Gasteiger partial charge in [0.05, 0.1) is 12.5 Å². The number of nitrogen functional groups attached to an aromatic ring is 1. The van der Waals surface area contributed by atoms with Gasteiger partial charge in [-0.25, -0.2) is 0 Å². The average Bonchev–Trinajstić information content (AvgIpc) is 2.24. The third-order valence-electron chi connectivity index (χ3n) is 2.12. The van der Waals surface area contributed by atoms with E-state index in [2.05, 4.69) is 0 Å². The van der Waals surface area contributed by atoms with Crippen molar-refractivity contribution in [3.05, 3.63) is 28.8 Å². The van der Waals surface area contributed by atoms with Gasteiger partial charge in [-0.05, 0) is 30.7 Å². The van der Waals surface area contributed by atoms with Crippen LogP contribution in [-0.2, 0) is 9.53 Å². The van der Waals surface area contributed by atoms with Crippen molar-refractivity contribution in [1.82, 2.24) is 0 Å². The maximum Gasteiger partial charge on any atom is 0.314 e. The lowest BCUT2D eigenvalue weighted by Crippen LogP contribution is -2.18. The average molecular weight is 262 g/mol. The van der Waals surface area contributed by atoms with E-state index in [1.807, 2.05) is 0 Å². The Morgan fingerprint density at radius 2 is 2.25 bits per heavy atom. The normalized spacial score (nSPS) is 12.2. The van der Waals surface area contributed by atoms with Crippen molar-refractivity contribution in [2.45, 2.75) is 12.8 Å². The van der Waals surface area contributed by atoms with Crippen LogP contribution in [0, 0.1) is 0 Å². The SMILES string of the molecule is CCOC(=O)C(CCl)c1cc(N)ccc1Cl. The largest absolute Gasteiger partial charge is 0.465 e. The zero-order valence-corrected chi connectivity index (χ0v) is 10.4. The number of alkyl halides is 1. The number of carbonyl (C=O) groups excluding carboxylic acids is 1. The maximum atomic E-state index is 11.6. The molecule has 1 unspecified atom stereocenters. The molecule has 0 aliphatic rings. The van der Waals surface area contributed by atoms with Crippen LogP contribution in [0.3, 0.4) is 0 Å². The molecule has 5 heteroatoms. The van der Waals surface area contributed by atoms with Crippen LogP contribution in [0.25, 0.3) is 0 Å². The number of esters is 1. The van der Waals surface area contributed by atoms with Gasteiger partial charge in [-0.2, -0.15) is 0 Å². The van der Waals surface area contributed by atoms with Gasteiger partial charge in [0.2, 0.25) is 0 Å². The molecule has 0 bridgehead atoms. The number of benzene rings is 1. The topological polar surface area (TPSA) is 52.3 Å². The van der Waals surface area contributed by atoms with Gasteiger partial charge < -0.3 is 10.5 Å². The number of hydrogen-bond donors (Lipinski definition) is 1. The fraction of sp³-hybridized carbons (Fsp3) is 0.364. The second kappa shape index (κ2) is 5.97. The van der Waals surface area contributed by atoms with Crippen LogP contribution in [-0.4, -0.2) is 18.5 Å². The third-order valence-corrected chi connectivity index (χ3v) is 2.77. The molecule has 0 saturated carbocycles. The Morgan fingerprint density at radius 3 is 2.81 bits per heavy atom. The first-order valence-corrected chi connectivity index (χ1v) is 5.79. The molecule has 0 radical (unpaired) electrons. The minimum atomic E-state index is -0.572. The van der Waals surface area contributed by atoms with Gasteiger partial charge >= 0.3 is 5.97 Å². The molecule has 0 spiro atoms. The molecule has 0 aromatic heterocycles. The third kappa shape index (κ3) is 3.03. The van der Waals surface area contributed by atoms with Crippen LogP contribution in [0.5, 0.6) is 0 Å². The summed E-state index contributed by atoms with van der Waals surface area (Å²) in [5.41, 5.74) is 6.79. The predicted octanol–water partition coefficient (Wildman–Crippen LogP) is 2.81. The van der Waals surface area contributed by atoms with E-state index in [4.69, 9.17) is 33.7 Å². The fourth-order valence-corrected chi connectivity index (χ4v) is 1.89. The molecule has 16 heavy (non-hydrogen) atoms. The van der Waals surface area contributed by atoms with Crippen LogP contribution in [0.1, 0.15) is 18.4 Å². The molecular formula is C11H13Cl2NO2. The first-order valence-electron chi connectivity index (χ1n) is 4.87. The fourth-order valence-electron chi connectivity index (χ4n) is 1.35. The lowest BCUT2D eigenvalue weighted by molar-refractivity contribution is -0.144. The number of carbonyl (C=O) groups is 1. The minimum absolute atomic E-state index is 0.113. The molecule has 2 N–H and O–H groups in total. The predicted molar refractivity (Wildman–Crippen MR) is 66.0 cm³/mol. The number of rotatable bonds is 4. The Hall–Kier alpha value is -0.930. The molecule has 88 valence electrons. The van der Waals surface area contributed by atoms with Crippen molar-refractivity contribution < 1.29 is 9.53 Å². The van der Waals surface area contributed by atoms with Gasteiger partial charge in [-0.15, -0.1) is 11.6 Å². The van der Waals surface area contributed by atoms with Crippen molar-refractivity contribution in [3.8, 4) is 0 Å². The summed E-state index contributed by atoms with van der Waals surface area (Å²) in [4.78, 5) is 11.6. The summed E-state index contributed by atoms with van der Waals surface area (Å²) in [6, 6.07) is 4.96. The van der Waals surface area contributed by atoms with Crippen molar-refractivity contribution in [3.63, 3.8) is 0 Å². The van der Waals surface area contributed by atoms with Gasteiger partial charge in [0.1, 0.15) is 0 Å². The lowest BCUT2D eigenvalue weighted by atomic mass is 10.0. The molecule has 1 rings (SSSR count). The summed E-state index contributed by atoms with van der Waals surface area (Å²) < 4.78 is 4.92. The van der Waals surface area contributed by atoms with E-state index in [-0.39, 0.29) is 11.8 Å². The number of ether oxygens (including phenoxy) is 1. The summed E-state index contributed by atoms with van der Waals surface area (Å²) in [6.45, 7) is 2.05. The van der Waals surface area contributed by atoms with E-state index in [0.29, 0.717) is 22.9 Å². The first kappa shape index (κ1) is 13.1. The van der Waals surface area contributed by atoms with Crippen LogP contribution in [0.4, 0.5) is 5.69 Å². The molecule has 0 amide bonds. The Morgan fingerprint density at radius 1 is 1.56 bits per heavy atom. The lowest BCUT2D eigenvalue weighted by Gasteiger charge is -2.14. The highest BCUT2D eigenvalue weighted by molar-refractivity contribution is 6.32. The van der Waals surface area contributed by atoms with E-state index >= 15 is 0 Å². The van der Waals surface area contributed by atoms with Crippen molar-refractivity contribution in [2.75, 3.05) is 18.2 Å². The Balaban J connectivity index is 3.03. The van der Waals surface area contributed by atoms with Gasteiger partial charge in [0.15, 0.2) is 0 Å². The van der Waals surface area contributed by atoms with Gasteiger partial charge in [-0.1, -0.05) is 11.6 Å². The molecule has 1 aromatic carbocycles. The standard InChI is InChI=1S/C11H13Cl2NO2/c1-2-16-11(15)9(6-12)8-5-7(14)3-4-10(8)13/h3-5,9H,2,6,14H2,1H3. The van der Waals surface area contributed by atoms with Crippen molar-refractivity contribution in [2.24, 2.45) is 0 Å². The Bertz CT molecular complexity index is 382. The molecule has 1 aromatic rings. The Labute approximate surface area is 104 Å². The molecule has 0 heterocycles. The van der Waals surface area contributed by atoms with Crippen molar-refractivity contribution in [1.29, 1.82) is 0 Å². The zero-order valence-electron chi connectivity index (χ0n) is 8.87. The quantitative estimate of drug-likeness (QED) is 0.515. The zero-order chi connectivity index (χ0) is 12.1. The van der Waals surface area contributed by atoms with E-state index in [1.54, 1.807) is 25.1 Å². The molecule has 3 nitrogen and oxygen atoms in total. The van der Waals surface area contributed by atoms with Gasteiger partial charge in [-0.3, -0.25) is 4.79 Å². The highest BCUT2D eigenvalue weighted by atomic mass is 35.5. The van der Waals surface area contributed by atoms with Crippen LogP contribution >= 0.6 is 23.2 Å². The second-order valence-electron chi connectivity index (χ2n) is 3.24. The van der Waals surface area contributed by atoms with Crippen LogP contribution in [0.15, 0.2) is 18.2 Å². The molecule has 1 atom stereocenters. The monoisotopic (exact) mass is 261 g/mol. The van der Waals surface area contributed by atoms with E-state index in [9.17, 15) is 4.79 Å². The van der Waals surface area contributed by atoms with Gasteiger partial charge in [0, 0.05) is 16.6 Å². The molecule has 0 aliphatic carbocycles. The molecule has 0 aliphatic heterocycles. The number of anilines is 1. The molecule has 0 fully saturated rings. The minimum Gasteiger partial charge on any atom is -0.465 e. The summed E-state index contributed by atoms with van der Waals surface area (Å²) in [5.74, 6) is -0.843. The van der Waals surface area contributed by atoms with E-state index < -0.39 is 5.92 Å². The van der Waals surface area contributed by atoms with Crippen LogP contribution < -0.4 is 5.73 Å². The molecule has 0 saturated heterocycles. The maximum absolute atomic E-state index is 11.6. The van der Waals surface area contributed by atoms with Gasteiger partial charge in [0.25, 0.3) is 0 Å². The molecular weight excluding hydrogens is 249 g/mol. The highest BCUT2D eigenvalue weighted by Gasteiger charge is 2.23. The van der Waals surface area contributed by atoms with E-state index in [0.717, 1.165) is 0 Å². The summed E-state index contributed by atoms with van der Waals surface area (Å²) in [7, 11) is 0. The highest BCUT2D eigenvalue weighted by Crippen LogP contribution is 2.28. The summed E-state index contributed by atoms with van der Waals surface area (Å²) in [5, 5.41) is 0.466. The number of hydrogen-bond acceptors (Lipinski definition) is 3. The van der Waals surface area contributed by atoms with Crippen molar-refractivity contribution >= 4 is 34.9 Å². The Kier molecular flexibility index (Phi) is 4.90. The summed E-state index contributed by atoms with van der Waals surface area (Å²) in [6.07, 6.45) is 0. The van der Waals surface area contributed by atoms with E-state index in [1.165, 1.54) is 0 Å². The van der Waals surface area contributed by atoms with Crippen LogP contribution in [0.2, 0.25) is 5.02 Å². The number of halogens is 2. The second-order valence-corrected chi connectivity index (χ2v) is 3.96. The smallest absolute Gasteiger partial charge is 0.314 e.